The molecular formula is C17H28N2OS. The highest BCUT2D eigenvalue weighted by atomic mass is 32.1. The van der Waals surface area contributed by atoms with Crippen molar-refractivity contribution in [2.45, 2.75) is 44.7 Å². The minimum atomic E-state index is 0.320. The van der Waals surface area contributed by atoms with E-state index in [9.17, 15) is 0 Å². The fraction of sp³-hybridized carbons (Fsp3) is 0.765. The molecule has 0 radical (unpaired) electrons. The number of likely N-dealkylation sites (N-methyl/N-ethyl adjacent to an activating group) is 1. The summed E-state index contributed by atoms with van der Waals surface area (Å²) in [5.74, 6) is 0. The van der Waals surface area contributed by atoms with Crippen LogP contribution in [0.25, 0.3) is 0 Å². The summed E-state index contributed by atoms with van der Waals surface area (Å²) in [6, 6.07) is 5.77. The Labute approximate surface area is 132 Å². The van der Waals surface area contributed by atoms with Gasteiger partial charge in [-0.15, -0.1) is 11.3 Å². The fourth-order valence-electron chi connectivity index (χ4n) is 3.18. The largest absolute Gasteiger partial charge is 0.381 e. The highest BCUT2D eigenvalue weighted by Crippen LogP contribution is 2.31. The Bertz CT molecular complexity index is 424. The van der Waals surface area contributed by atoms with Gasteiger partial charge >= 0.3 is 0 Å². The first kappa shape index (κ1) is 15.5. The molecule has 4 heteroatoms. The molecule has 1 saturated carbocycles. The second kappa shape index (κ2) is 6.78. The van der Waals surface area contributed by atoms with Gasteiger partial charge in [-0.1, -0.05) is 6.07 Å². The summed E-state index contributed by atoms with van der Waals surface area (Å²) < 4.78 is 5.74. The normalized spacial score (nSPS) is 27.4. The molecule has 3 rings (SSSR count). The molecule has 2 atom stereocenters. The highest BCUT2D eigenvalue weighted by Gasteiger charge is 2.38. The molecule has 0 aromatic carbocycles. The number of ether oxygens (including phenoxy) is 1. The Morgan fingerprint density at radius 1 is 1.52 bits per heavy atom. The van der Waals surface area contributed by atoms with E-state index in [1.807, 2.05) is 11.3 Å². The molecule has 1 N–H and O–H groups in total. The van der Waals surface area contributed by atoms with E-state index in [1.54, 1.807) is 0 Å². The minimum Gasteiger partial charge on any atom is -0.381 e. The maximum absolute atomic E-state index is 5.74. The summed E-state index contributed by atoms with van der Waals surface area (Å²) in [7, 11) is 2.27. The molecule has 2 heterocycles. The minimum absolute atomic E-state index is 0.320. The Hall–Kier alpha value is -0.420. The van der Waals surface area contributed by atoms with Crippen LogP contribution in [0.15, 0.2) is 17.5 Å². The van der Waals surface area contributed by atoms with Crippen LogP contribution in [-0.4, -0.2) is 50.3 Å². The molecule has 2 fully saturated rings. The SMILES string of the molecule is CC(Cc1cccs1)N(C)CC1(CNC2CC2)CCOC1. The highest BCUT2D eigenvalue weighted by molar-refractivity contribution is 7.09. The molecule has 1 aromatic heterocycles. The van der Waals surface area contributed by atoms with Gasteiger partial charge in [-0.2, -0.15) is 0 Å². The molecule has 2 unspecified atom stereocenters. The Morgan fingerprint density at radius 3 is 3.00 bits per heavy atom. The summed E-state index contributed by atoms with van der Waals surface area (Å²) in [4.78, 5) is 4.02. The smallest absolute Gasteiger partial charge is 0.0547 e. The Balaban J connectivity index is 1.53. The van der Waals surface area contributed by atoms with Crippen molar-refractivity contribution in [3.8, 4) is 0 Å². The number of hydrogen-bond donors (Lipinski definition) is 1. The van der Waals surface area contributed by atoms with Gasteiger partial charge in [0.05, 0.1) is 6.61 Å². The lowest BCUT2D eigenvalue weighted by Gasteiger charge is -2.35. The second-order valence-corrected chi connectivity index (χ2v) is 8.04. The van der Waals surface area contributed by atoms with Gasteiger partial charge in [-0.25, -0.2) is 0 Å². The zero-order chi connectivity index (χ0) is 14.7. The van der Waals surface area contributed by atoms with Crippen molar-refractivity contribution < 1.29 is 4.74 Å². The average molecular weight is 308 g/mol. The lowest BCUT2D eigenvalue weighted by atomic mass is 9.86. The first-order valence-electron chi connectivity index (χ1n) is 8.21. The van der Waals surface area contributed by atoms with Crippen molar-refractivity contribution >= 4 is 11.3 Å². The third-order valence-corrected chi connectivity index (χ3v) is 5.84. The van der Waals surface area contributed by atoms with Crippen molar-refractivity contribution in [1.29, 1.82) is 0 Å². The second-order valence-electron chi connectivity index (χ2n) is 7.01. The zero-order valence-electron chi connectivity index (χ0n) is 13.3. The summed E-state index contributed by atoms with van der Waals surface area (Å²) in [5, 5.41) is 5.90. The van der Waals surface area contributed by atoms with Crippen molar-refractivity contribution in [2.75, 3.05) is 33.4 Å². The summed E-state index contributed by atoms with van der Waals surface area (Å²) >= 11 is 1.87. The third kappa shape index (κ3) is 4.28. The zero-order valence-corrected chi connectivity index (χ0v) is 14.1. The molecule has 1 aliphatic carbocycles. The predicted octanol–water partition coefficient (Wildman–Crippen LogP) is 2.77. The van der Waals surface area contributed by atoms with Crippen LogP contribution in [0, 0.1) is 5.41 Å². The Kier molecular flexibility index (Phi) is 4.99. The Morgan fingerprint density at radius 2 is 2.38 bits per heavy atom. The average Bonchev–Trinajstić information content (AvgIpc) is 2.96. The molecule has 3 nitrogen and oxygen atoms in total. The van der Waals surface area contributed by atoms with E-state index in [0.717, 1.165) is 38.8 Å². The fourth-order valence-corrected chi connectivity index (χ4v) is 4.00. The van der Waals surface area contributed by atoms with Gasteiger partial charge in [0, 0.05) is 42.1 Å². The van der Waals surface area contributed by atoms with Crippen LogP contribution in [0.5, 0.6) is 0 Å². The molecule has 21 heavy (non-hydrogen) atoms. The quantitative estimate of drug-likeness (QED) is 0.799. The third-order valence-electron chi connectivity index (χ3n) is 4.94. The van der Waals surface area contributed by atoms with Crippen LogP contribution in [0.1, 0.15) is 31.1 Å². The van der Waals surface area contributed by atoms with Gasteiger partial charge in [0.25, 0.3) is 0 Å². The molecule has 1 aromatic rings. The standard InChI is InChI=1S/C17H28N2OS/c1-14(10-16-4-3-9-21-16)19(2)12-17(7-8-20-13-17)11-18-15-5-6-15/h3-4,9,14-15,18H,5-8,10-13H2,1-2H3. The number of nitrogens with zero attached hydrogens (tertiary/aromatic N) is 1. The maximum Gasteiger partial charge on any atom is 0.0547 e. The van der Waals surface area contributed by atoms with E-state index < -0.39 is 0 Å². The van der Waals surface area contributed by atoms with Crippen LogP contribution < -0.4 is 5.32 Å². The monoisotopic (exact) mass is 308 g/mol. The van der Waals surface area contributed by atoms with Crippen molar-refractivity contribution in [3.63, 3.8) is 0 Å². The van der Waals surface area contributed by atoms with E-state index in [0.29, 0.717) is 11.5 Å². The topological polar surface area (TPSA) is 24.5 Å². The van der Waals surface area contributed by atoms with Crippen LogP contribution in [0.3, 0.4) is 0 Å². The van der Waals surface area contributed by atoms with Gasteiger partial charge in [0.1, 0.15) is 0 Å². The van der Waals surface area contributed by atoms with Gasteiger partial charge in [0.2, 0.25) is 0 Å². The van der Waals surface area contributed by atoms with Gasteiger partial charge in [-0.05, 0) is 51.1 Å². The number of hydrogen-bond acceptors (Lipinski definition) is 4. The van der Waals surface area contributed by atoms with Crippen molar-refractivity contribution in [1.82, 2.24) is 10.2 Å². The van der Waals surface area contributed by atoms with Crippen LogP contribution in [0.4, 0.5) is 0 Å². The predicted molar refractivity (Wildman–Crippen MR) is 89.0 cm³/mol. The van der Waals surface area contributed by atoms with E-state index in [2.05, 4.69) is 41.7 Å². The molecule has 0 amide bonds. The molecule has 0 bridgehead atoms. The lowest BCUT2D eigenvalue weighted by Crippen LogP contribution is -2.46. The van der Waals surface area contributed by atoms with Gasteiger partial charge < -0.3 is 15.0 Å². The number of thiophene rings is 1. The van der Waals surface area contributed by atoms with E-state index in [1.165, 1.54) is 24.1 Å². The summed E-state index contributed by atoms with van der Waals surface area (Å²) in [5.41, 5.74) is 0.320. The van der Waals surface area contributed by atoms with E-state index >= 15 is 0 Å². The number of rotatable bonds is 8. The first-order chi connectivity index (χ1) is 10.2. The molecular weight excluding hydrogens is 280 g/mol. The van der Waals surface area contributed by atoms with Crippen molar-refractivity contribution in [2.24, 2.45) is 5.41 Å². The lowest BCUT2D eigenvalue weighted by molar-refractivity contribution is 0.104. The first-order valence-corrected chi connectivity index (χ1v) is 9.09. The molecule has 1 aliphatic heterocycles. The molecule has 1 saturated heterocycles. The van der Waals surface area contributed by atoms with Crippen LogP contribution >= 0.6 is 11.3 Å². The van der Waals surface area contributed by atoms with Crippen LogP contribution in [-0.2, 0) is 11.2 Å². The summed E-state index contributed by atoms with van der Waals surface area (Å²) in [6.45, 7) is 6.45. The number of nitrogens with one attached hydrogen (secondary N) is 1. The van der Waals surface area contributed by atoms with E-state index in [-0.39, 0.29) is 0 Å². The molecule has 0 spiro atoms. The van der Waals surface area contributed by atoms with Crippen LogP contribution in [0.2, 0.25) is 0 Å². The summed E-state index contributed by atoms with van der Waals surface area (Å²) in [6.07, 6.45) is 5.08. The van der Waals surface area contributed by atoms with E-state index in [4.69, 9.17) is 4.74 Å². The van der Waals surface area contributed by atoms with Gasteiger partial charge in [0.15, 0.2) is 0 Å². The maximum atomic E-state index is 5.74. The molecule has 118 valence electrons. The molecule has 2 aliphatic rings. The van der Waals surface area contributed by atoms with Gasteiger partial charge in [-0.3, -0.25) is 0 Å². The van der Waals surface area contributed by atoms with Crippen molar-refractivity contribution in [3.05, 3.63) is 22.4 Å².